The predicted octanol–water partition coefficient (Wildman–Crippen LogP) is 7.46. The molecule has 2 aromatic carbocycles. The number of anilines is 1. The van der Waals surface area contributed by atoms with E-state index in [2.05, 4.69) is 48.4 Å². The van der Waals surface area contributed by atoms with Gasteiger partial charge in [0.1, 0.15) is 0 Å². The highest BCUT2D eigenvalue weighted by atomic mass is 32.1. The first kappa shape index (κ1) is 20.5. The zero-order chi connectivity index (χ0) is 22.1. The molecule has 0 atom stereocenters. The summed E-state index contributed by atoms with van der Waals surface area (Å²) < 4.78 is 0. The Balaban J connectivity index is 1.44. The smallest absolute Gasteiger partial charge is 0.258 e. The fourth-order valence-electron chi connectivity index (χ4n) is 3.58. The number of aromatic nitrogens is 2. The number of rotatable bonds is 5. The summed E-state index contributed by atoms with van der Waals surface area (Å²) in [4.78, 5) is 23.7. The summed E-state index contributed by atoms with van der Waals surface area (Å²) in [5, 5.41) is 8.38. The van der Waals surface area contributed by atoms with Gasteiger partial charge in [-0.3, -0.25) is 10.1 Å². The van der Waals surface area contributed by atoms with Crippen LogP contribution in [0.2, 0.25) is 0 Å². The van der Waals surface area contributed by atoms with E-state index in [-0.39, 0.29) is 5.91 Å². The van der Waals surface area contributed by atoms with Crippen LogP contribution in [0.3, 0.4) is 0 Å². The summed E-state index contributed by atoms with van der Waals surface area (Å²) >= 11 is 3.04. The summed E-state index contributed by atoms with van der Waals surface area (Å²) in [6.45, 7) is 4.36. The molecule has 0 spiro atoms. The Morgan fingerprint density at radius 3 is 2.47 bits per heavy atom. The molecule has 0 saturated heterocycles. The number of thiophene rings is 1. The van der Waals surface area contributed by atoms with E-state index in [1.165, 1.54) is 16.9 Å². The molecule has 5 aromatic rings. The third-order valence-electron chi connectivity index (χ3n) is 5.33. The van der Waals surface area contributed by atoms with Gasteiger partial charge in [0, 0.05) is 16.3 Å². The van der Waals surface area contributed by atoms with Crippen LogP contribution in [-0.4, -0.2) is 15.9 Å². The zero-order valence-electron chi connectivity index (χ0n) is 17.7. The first-order chi connectivity index (χ1) is 15.6. The number of nitrogens with zero attached hydrogens (tertiary/aromatic N) is 2. The van der Waals surface area contributed by atoms with Crippen molar-refractivity contribution in [3.05, 3.63) is 88.6 Å². The minimum absolute atomic E-state index is 0.183. The maximum absolute atomic E-state index is 13.2. The molecule has 0 aliphatic carbocycles. The lowest BCUT2D eigenvalue weighted by Crippen LogP contribution is -2.13. The van der Waals surface area contributed by atoms with E-state index in [0.29, 0.717) is 16.6 Å². The van der Waals surface area contributed by atoms with Gasteiger partial charge >= 0.3 is 0 Å². The molecule has 158 valence electrons. The highest BCUT2D eigenvalue weighted by Gasteiger charge is 2.16. The number of benzene rings is 2. The van der Waals surface area contributed by atoms with Crippen molar-refractivity contribution in [2.45, 2.75) is 19.8 Å². The van der Waals surface area contributed by atoms with Crippen LogP contribution in [-0.2, 0) is 0 Å². The van der Waals surface area contributed by atoms with Gasteiger partial charge in [0.2, 0.25) is 0 Å². The monoisotopic (exact) mass is 455 g/mol. The van der Waals surface area contributed by atoms with Gasteiger partial charge in [0.15, 0.2) is 5.13 Å². The third-order valence-corrected chi connectivity index (χ3v) is 6.98. The maximum atomic E-state index is 13.2. The average molecular weight is 456 g/mol. The lowest BCUT2D eigenvalue weighted by Gasteiger charge is -2.08. The topological polar surface area (TPSA) is 54.9 Å². The second-order valence-corrected chi connectivity index (χ2v) is 9.62. The number of carbonyl (C=O) groups is 1. The van der Waals surface area contributed by atoms with Crippen molar-refractivity contribution >= 4 is 44.6 Å². The molecule has 6 heteroatoms. The number of thiazole rings is 1. The van der Waals surface area contributed by atoms with E-state index in [1.54, 1.807) is 11.3 Å². The first-order valence-electron chi connectivity index (χ1n) is 10.4. The quantitative estimate of drug-likeness (QED) is 0.299. The number of hydrogen-bond donors (Lipinski definition) is 1. The molecule has 0 bridgehead atoms. The predicted molar refractivity (Wildman–Crippen MR) is 135 cm³/mol. The maximum Gasteiger partial charge on any atom is 0.258 e. The molecule has 3 aromatic heterocycles. The molecule has 3 heterocycles. The van der Waals surface area contributed by atoms with Gasteiger partial charge in [-0.15, -0.1) is 22.7 Å². The number of carbonyl (C=O) groups excluding carboxylic acids is 1. The van der Waals surface area contributed by atoms with E-state index >= 15 is 0 Å². The number of pyridine rings is 1. The van der Waals surface area contributed by atoms with Gasteiger partial charge in [0.05, 0.1) is 27.3 Å². The van der Waals surface area contributed by atoms with Gasteiger partial charge < -0.3 is 0 Å². The summed E-state index contributed by atoms with van der Waals surface area (Å²) in [6, 6.07) is 22.0. The van der Waals surface area contributed by atoms with Crippen LogP contribution in [0.5, 0.6) is 0 Å². The molecule has 32 heavy (non-hydrogen) atoms. The van der Waals surface area contributed by atoms with Crippen LogP contribution in [0.1, 0.15) is 35.7 Å². The lowest BCUT2D eigenvalue weighted by molar-refractivity contribution is 0.102. The van der Waals surface area contributed by atoms with Crippen LogP contribution >= 0.6 is 22.7 Å². The Kier molecular flexibility index (Phi) is 5.55. The number of fused-ring (bicyclic) bond motifs is 1. The molecule has 1 N–H and O–H groups in total. The molecule has 0 radical (unpaired) electrons. The summed E-state index contributed by atoms with van der Waals surface area (Å²) in [5.41, 5.74) is 5.39. The van der Waals surface area contributed by atoms with Crippen molar-refractivity contribution in [1.82, 2.24) is 9.97 Å². The van der Waals surface area contributed by atoms with Gasteiger partial charge in [-0.05, 0) is 35.1 Å². The van der Waals surface area contributed by atoms with Crippen molar-refractivity contribution in [2.75, 3.05) is 5.32 Å². The number of amides is 1. The Morgan fingerprint density at radius 1 is 0.906 bits per heavy atom. The lowest BCUT2D eigenvalue weighted by atomic mass is 10.0. The second kappa shape index (κ2) is 8.65. The minimum atomic E-state index is -0.183. The molecule has 0 fully saturated rings. The molecule has 0 unspecified atom stereocenters. The van der Waals surface area contributed by atoms with Crippen LogP contribution in [0.25, 0.3) is 32.7 Å². The SMILES string of the molecule is CC(C)c1ccc(-c2csc(NC(=O)c3cc(-c4cccs4)nc4ccccc34)n2)cc1. The van der Waals surface area contributed by atoms with Crippen molar-refractivity contribution in [3.8, 4) is 21.8 Å². The Morgan fingerprint density at radius 2 is 1.72 bits per heavy atom. The van der Waals surface area contributed by atoms with Gasteiger partial charge in [-0.1, -0.05) is 62.4 Å². The van der Waals surface area contributed by atoms with Crippen molar-refractivity contribution in [2.24, 2.45) is 0 Å². The van der Waals surface area contributed by atoms with Crippen LogP contribution < -0.4 is 5.32 Å². The molecule has 0 saturated carbocycles. The Hall–Kier alpha value is -3.35. The highest BCUT2D eigenvalue weighted by molar-refractivity contribution is 7.14. The summed E-state index contributed by atoms with van der Waals surface area (Å²) in [6.07, 6.45) is 0. The average Bonchev–Trinajstić information content (AvgIpc) is 3.51. The summed E-state index contributed by atoms with van der Waals surface area (Å²) in [7, 11) is 0. The van der Waals surface area contributed by atoms with E-state index in [4.69, 9.17) is 4.98 Å². The third kappa shape index (κ3) is 4.07. The fourth-order valence-corrected chi connectivity index (χ4v) is 4.98. The van der Waals surface area contributed by atoms with Crippen molar-refractivity contribution in [1.29, 1.82) is 0 Å². The molecular weight excluding hydrogens is 434 g/mol. The van der Waals surface area contributed by atoms with Gasteiger partial charge in [-0.25, -0.2) is 9.97 Å². The van der Waals surface area contributed by atoms with Crippen molar-refractivity contribution < 1.29 is 4.79 Å². The van der Waals surface area contributed by atoms with E-state index in [1.807, 2.05) is 53.2 Å². The fraction of sp³-hybridized carbons (Fsp3) is 0.115. The second-order valence-electron chi connectivity index (χ2n) is 7.82. The molecule has 4 nitrogen and oxygen atoms in total. The number of hydrogen-bond acceptors (Lipinski definition) is 5. The molecule has 0 aliphatic heterocycles. The zero-order valence-corrected chi connectivity index (χ0v) is 19.3. The molecule has 5 rings (SSSR count). The summed E-state index contributed by atoms with van der Waals surface area (Å²) in [5.74, 6) is 0.307. The van der Waals surface area contributed by atoms with Gasteiger partial charge in [0.25, 0.3) is 5.91 Å². The standard InChI is InChI=1S/C26H21N3OS2/c1-16(2)17-9-11-18(12-10-17)23-15-32-26(28-23)29-25(30)20-14-22(24-8-5-13-31-24)27-21-7-4-3-6-19(20)21/h3-16H,1-2H3,(H,28,29,30). The highest BCUT2D eigenvalue weighted by Crippen LogP contribution is 2.30. The van der Waals surface area contributed by atoms with Crippen LogP contribution in [0.4, 0.5) is 5.13 Å². The molecule has 0 aliphatic rings. The largest absolute Gasteiger partial charge is 0.298 e. The first-order valence-corrected chi connectivity index (χ1v) is 12.2. The molecule has 1 amide bonds. The minimum Gasteiger partial charge on any atom is -0.298 e. The van der Waals surface area contributed by atoms with E-state index < -0.39 is 0 Å². The number of para-hydroxylation sites is 1. The van der Waals surface area contributed by atoms with E-state index in [0.717, 1.165) is 32.7 Å². The number of nitrogens with one attached hydrogen (secondary N) is 1. The Bertz CT molecular complexity index is 1390. The Labute approximate surface area is 194 Å². The van der Waals surface area contributed by atoms with Crippen LogP contribution in [0.15, 0.2) is 77.5 Å². The van der Waals surface area contributed by atoms with E-state index in [9.17, 15) is 4.79 Å². The normalized spacial score (nSPS) is 11.2. The van der Waals surface area contributed by atoms with Gasteiger partial charge in [-0.2, -0.15) is 0 Å². The van der Waals surface area contributed by atoms with Crippen LogP contribution in [0, 0.1) is 0 Å². The molecular formula is C26H21N3OS2. The van der Waals surface area contributed by atoms with Crippen molar-refractivity contribution in [3.63, 3.8) is 0 Å².